The first-order valence-electron chi connectivity index (χ1n) is 8.17. The number of esters is 1. The van der Waals surface area contributed by atoms with Gasteiger partial charge in [0.05, 0.1) is 30.8 Å². The van der Waals surface area contributed by atoms with E-state index in [1.54, 1.807) is 50.6 Å². The number of fused-ring (bicyclic) bond motifs is 3. The van der Waals surface area contributed by atoms with Gasteiger partial charge in [-0.2, -0.15) is 5.10 Å². The third-order valence-electron chi connectivity index (χ3n) is 4.43. The number of nitrogens with zero attached hydrogens (tertiary/aromatic N) is 4. The van der Waals surface area contributed by atoms with E-state index in [-0.39, 0.29) is 5.56 Å². The van der Waals surface area contributed by atoms with Crippen LogP contribution in [0.2, 0.25) is 0 Å². The fourth-order valence-electron chi connectivity index (χ4n) is 3.06. The number of benzene rings is 1. The molecular weight excluding hydrogens is 348 g/mol. The number of hydrogen-bond donors (Lipinski definition) is 0. The summed E-state index contributed by atoms with van der Waals surface area (Å²) in [6.07, 6.45) is 3.13. The molecule has 4 rings (SSSR count). The lowest BCUT2D eigenvalue weighted by Crippen LogP contribution is -2.18. The Bertz CT molecular complexity index is 1240. The lowest BCUT2D eigenvalue weighted by atomic mass is 10.2. The smallest absolute Gasteiger partial charge is 0.343 e. The van der Waals surface area contributed by atoms with E-state index in [2.05, 4.69) is 10.1 Å². The highest BCUT2D eigenvalue weighted by molar-refractivity contribution is 5.98. The van der Waals surface area contributed by atoms with Gasteiger partial charge in [-0.05, 0) is 37.3 Å². The van der Waals surface area contributed by atoms with Crippen molar-refractivity contribution in [2.45, 2.75) is 6.92 Å². The van der Waals surface area contributed by atoms with E-state index in [0.717, 1.165) is 0 Å². The number of ether oxygens (including phenoxy) is 2. The van der Waals surface area contributed by atoms with Crippen molar-refractivity contribution >= 4 is 22.5 Å². The van der Waals surface area contributed by atoms with Crippen LogP contribution < -0.4 is 10.3 Å². The monoisotopic (exact) mass is 364 g/mol. The molecule has 0 amide bonds. The molecule has 1 aromatic carbocycles. The van der Waals surface area contributed by atoms with Crippen molar-refractivity contribution in [1.82, 2.24) is 19.2 Å². The molecule has 4 aromatic rings. The summed E-state index contributed by atoms with van der Waals surface area (Å²) in [5.74, 6) is 0.194. The Labute approximate surface area is 153 Å². The van der Waals surface area contributed by atoms with Gasteiger partial charge in [-0.3, -0.25) is 9.36 Å². The third-order valence-corrected chi connectivity index (χ3v) is 4.43. The Morgan fingerprint density at radius 1 is 1.11 bits per heavy atom. The second-order valence-electron chi connectivity index (χ2n) is 5.93. The quantitative estimate of drug-likeness (QED) is 0.518. The summed E-state index contributed by atoms with van der Waals surface area (Å²) in [6, 6.07) is 8.93. The van der Waals surface area contributed by atoms with Crippen LogP contribution in [0.15, 0.2) is 47.5 Å². The minimum absolute atomic E-state index is 0.236. The van der Waals surface area contributed by atoms with Gasteiger partial charge in [0.2, 0.25) is 0 Å². The Morgan fingerprint density at radius 2 is 1.85 bits per heavy atom. The van der Waals surface area contributed by atoms with Crippen molar-refractivity contribution in [2.75, 3.05) is 14.2 Å². The van der Waals surface area contributed by atoms with Crippen LogP contribution in [0.1, 0.15) is 16.1 Å². The zero-order valence-electron chi connectivity index (χ0n) is 15.0. The fourth-order valence-corrected chi connectivity index (χ4v) is 3.06. The topological polar surface area (TPSA) is 87.7 Å². The second kappa shape index (κ2) is 6.24. The SMILES string of the molecule is COC(=O)c1c(C)nn2c1ncc1c(=O)n(-c3ccc(OC)cc3)ccc12. The summed E-state index contributed by atoms with van der Waals surface area (Å²) in [7, 11) is 2.89. The van der Waals surface area contributed by atoms with Gasteiger partial charge in [0, 0.05) is 18.1 Å². The van der Waals surface area contributed by atoms with Crippen molar-refractivity contribution in [3.63, 3.8) is 0 Å². The van der Waals surface area contributed by atoms with Crippen LogP contribution in [0.25, 0.3) is 22.2 Å². The number of carbonyl (C=O) groups is 1. The largest absolute Gasteiger partial charge is 0.497 e. The molecule has 0 aliphatic carbocycles. The molecule has 0 unspecified atom stereocenters. The summed E-state index contributed by atoms with van der Waals surface area (Å²) >= 11 is 0. The molecule has 0 bridgehead atoms. The molecule has 0 atom stereocenters. The van der Waals surface area contributed by atoms with Crippen LogP contribution >= 0.6 is 0 Å². The van der Waals surface area contributed by atoms with Crippen molar-refractivity contribution in [3.8, 4) is 11.4 Å². The minimum Gasteiger partial charge on any atom is -0.497 e. The number of aromatic nitrogens is 4. The third kappa shape index (κ3) is 2.53. The molecule has 0 saturated heterocycles. The molecule has 27 heavy (non-hydrogen) atoms. The predicted molar refractivity (Wildman–Crippen MR) is 98.7 cm³/mol. The highest BCUT2D eigenvalue weighted by Gasteiger charge is 2.21. The van der Waals surface area contributed by atoms with Crippen LogP contribution in [0.4, 0.5) is 0 Å². The molecule has 0 radical (unpaired) electrons. The lowest BCUT2D eigenvalue weighted by Gasteiger charge is -2.09. The number of methoxy groups -OCH3 is 2. The number of rotatable bonds is 3. The predicted octanol–water partition coefficient (Wildman–Crippen LogP) is 2.14. The van der Waals surface area contributed by atoms with Crippen molar-refractivity contribution in [3.05, 3.63) is 64.3 Å². The standard InChI is InChI=1S/C19H16N4O4/c1-11-16(19(25)27-3)17-20-10-14-15(23(17)21-11)8-9-22(18(14)24)12-4-6-13(26-2)7-5-12/h4-10H,1-3H3. The average molecular weight is 364 g/mol. The first-order valence-corrected chi connectivity index (χ1v) is 8.17. The number of pyridine rings is 1. The van der Waals surface area contributed by atoms with E-state index in [1.807, 2.05) is 0 Å². The summed E-state index contributed by atoms with van der Waals surface area (Å²) < 4.78 is 13.0. The van der Waals surface area contributed by atoms with Gasteiger partial charge in [0.25, 0.3) is 5.56 Å². The van der Waals surface area contributed by atoms with E-state index in [0.29, 0.717) is 39.2 Å². The average Bonchev–Trinajstić information content (AvgIpc) is 3.04. The molecule has 0 saturated carbocycles. The van der Waals surface area contributed by atoms with Gasteiger partial charge in [-0.15, -0.1) is 0 Å². The molecule has 8 nitrogen and oxygen atoms in total. The van der Waals surface area contributed by atoms with Crippen LogP contribution in [0.3, 0.4) is 0 Å². The number of aryl methyl sites for hydroxylation is 1. The Kier molecular flexibility index (Phi) is 3.88. The Balaban J connectivity index is 1.95. The van der Waals surface area contributed by atoms with Gasteiger partial charge in [0.15, 0.2) is 5.65 Å². The van der Waals surface area contributed by atoms with Crippen LogP contribution in [-0.2, 0) is 4.74 Å². The first kappa shape index (κ1) is 16.8. The summed E-state index contributed by atoms with van der Waals surface area (Å²) in [5.41, 5.74) is 2.16. The molecule has 8 heteroatoms. The maximum Gasteiger partial charge on any atom is 0.343 e. The van der Waals surface area contributed by atoms with Crippen molar-refractivity contribution < 1.29 is 14.3 Å². The van der Waals surface area contributed by atoms with Crippen molar-refractivity contribution in [2.24, 2.45) is 0 Å². The van der Waals surface area contributed by atoms with E-state index in [9.17, 15) is 9.59 Å². The lowest BCUT2D eigenvalue weighted by molar-refractivity contribution is 0.0602. The van der Waals surface area contributed by atoms with Crippen molar-refractivity contribution in [1.29, 1.82) is 0 Å². The number of hydrogen-bond acceptors (Lipinski definition) is 6. The summed E-state index contributed by atoms with van der Waals surface area (Å²) in [4.78, 5) is 29.3. The Morgan fingerprint density at radius 3 is 2.52 bits per heavy atom. The van der Waals surface area contributed by atoms with Gasteiger partial charge in [0.1, 0.15) is 11.3 Å². The highest BCUT2D eigenvalue weighted by Crippen LogP contribution is 2.20. The van der Waals surface area contributed by atoms with Gasteiger partial charge >= 0.3 is 5.97 Å². The van der Waals surface area contributed by atoms with Crippen LogP contribution in [0, 0.1) is 6.92 Å². The van der Waals surface area contributed by atoms with Crippen LogP contribution in [-0.4, -0.2) is 39.4 Å². The molecular formula is C19H16N4O4. The summed E-state index contributed by atoms with van der Waals surface area (Å²) in [6.45, 7) is 1.70. The normalized spacial score (nSPS) is 11.1. The van der Waals surface area contributed by atoms with Gasteiger partial charge < -0.3 is 9.47 Å². The summed E-state index contributed by atoms with van der Waals surface area (Å²) in [5, 5.41) is 4.75. The molecule has 0 fully saturated rings. The molecule has 0 N–H and O–H groups in total. The van der Waals surface area contributed by atoms with E-state index in [1.165, 1.54) is 22.4 Å². The van der Waals surface area contributed by atoms with E-state index >= 15 is 0 Å². The Hall–Kier alpha value is -3.68. The molecule has 3 heterocycles. The molecule has 0 aliphatic heterocycles. The molecule has 3 aromatic heterocycles. The first-order chi connectivity index (χ1) is 13.0. The molecule has 0 aliphatic rings. The van der Waals surface area contributed by atoms with Crippen LogP contribution in [0.5, 0.6) is 5.75 Å². The maximum absolute atomic E-state index is 13.0. The zero-order chi connectivity index (χ0) is 19.1. The number of carbonyl (C=O) groups excluding carboxylic acids is 1. The second-order valence-corrected chi connectivity index (χ2v) is 5.93. The fraction of sp³-hybridized carbons (Fsp3) is 0.158. The molecule has 136 valence electrons. The van der Waals surface area contributed by atoms with Gasteiger partial charge in [-0.1, -0.05) is 0 Å². The highest BCUT2D eigenvalue weighted by atomic mass is 16.5. The maximum atomic E-state index is 13.0. The zero-order valence-corrected chi connectivity index (χ0v) is 15.0. The van der Waals surface area contributed by atoms with E-state index in [4.69, 9.17) is 9.47 Å². The minimum atomic E-state index is -0.513. The molecule has 0 spiro atoms. The van der Waals surface area contributed by atoms with Gasteiger partial charge in [-0.25, -0.2) is 14.3 Å². The van der Waals surface area contributed by atoms with E-state index < -0.39 is 5.97 Å².